The molecule has 3 rings (SSSR count). The molecular formula is C19H23N3O2. The van der Waals surface area contributed by atoms with Gasteiger partial charge in [-0.05, 0) is 24.5 Å². The van der Waals surface area contributed by atoms with Crippen LogP contribution in [0.4, 0.5) is 0 Å². The number of nitrogens with zero attached hydrogens (tertiary/aromatic N) is 2. The minimum absolute atomic E-state index is 0.0369. The molecule has 1 saturated heterocycles. The fourth-order valence-corrected chi connectivity index (χ4v) is 3.06. The smallest absolute Gasteiger partial charge is 0.255 e. The lowest BCUT2D eigenvalue weighted by atomic mass is 10.1. The molecule has 1 fully saturated rings. The van der Waals surface area contributed by atoms with E-state index >= 15 is 0 Å². The fraction of sp³-hybridized carbons (Fsp3) is 0.368. The van der Waals surface area contributed by atoms with Crippen molar-refractivity contribution in [3.63, 3.8) is 0 Å². The molecule has 5 heteroatoms. The van der Waals surface area contributed by atoms with Crippen LogP contribution in [-0.2, 0) is 11.2 Å². The lowest BCUT2D eigenvalue weighted by molar-refractivity contribution is -0.131. The van der Waals surface area contributed by atoms with Crippen LogP contribution >= 0.6 is 0 Å². The van der Waals surface area contributed by atoms with Gasteiger partial charge in [-0.3, -0.25) is 9.59 Å². The molecule has 0 atom stereocenters. The molecule has 0 bridgehead atoms. The highest BCUT2D eigenvalue weighted by molar-refractivity contribution is 5.94. The molecule has 5 nitrogen and oxygen atoms in total. The lowest BCUT2D eigenvalue weighted by Gasteiger charge is -2.22. The molecule has 1 aromatic heterocycles. The first kappa shape index (κ1) is 16.3. The number of hydrogen-bond donors (Lipinski definition) is 1. The number of amides is 2. The molecule has 0 saturated carbocycles. The number of hydrogen-bond acceptors (Lipinski definition) is 2. The number of benzene rings is 1. The zero-order chi connectivity index (χ0) is 16.8. The molecule has 2 amide bonds. The maximum Gasteiger partial charge on any atom is 0.255 e. The number of aryl methyl sites for hydroxylation is 1. The second kappa shape index (κ2) is 7.81. The maximum absolute atomic E-state index is 12.4. The highest BCUT2D eigenvalue weighted by atomic mass is 16.2. The summed E-state index contributed by atoms with van der Waals surface area (Å²) >= 11 is 0. The molecule has 0 aliphatic carbocycles. The van der Waals surface area contributed by atoms with Gasteiger partial charge < -0.3 is 14.8 Å². The molecule has 1 aromatic carbocycles. The Morgan fingerprint density at radius 2 is 1.71 bits per heavy atom. The van der Waals surface area contributed by atoms with Gasteiger partial charge in [0.15, 0.2) is 0 Å². The van der Waals surface area contributed by atoms with Gasteiger partial charge in [0.25, 0.3) is 5.91 Å². The van der Waals surface area contributed by atoms with Crippen molar-refractivity contribution in [2.24, 2.45) is 0 Å². The first-order valence-corrected chi connectivity index (χ1v) is 8.48. The van der Waals surface area contributed by atoms with Gasteiger partial charge in [-0.2, -0.15) is 0 Å². The molecule has 0 spiro atoms. The summed E-state index contributed by atoms with van der Waals surface area (Å²) in [4.78, 5) is 31.5. The summed E-state index contributed by atoms with van der Waals surface area (Å²) in [5.41, 5.74) is 1.86. The van der Waals surface area contributed by atoms with Crippen LogP contribution in [0.2, 0.25) is 0 Å². The van der Waals surface area contributed by atoms with Crippen LogP contribution in [0.1, 0.15) is 28.8 Å². The van der Waals surface area contributed by atoms with E-state index in [-0.39, 0.29) is 11.8 Å². The Hall–Kier alpha value is -2.56. The number of rotatable bonds is 4. The van der Waals surface area contributed by atoms with Crippen LogP contribution in [0.15, 0.2) is 48.8 Å². The second-order valence-electron chi connectivity index (χ2n) is 6.11. The van der Waals surface area contributed by atoms with E-state index in [0.717, 1.165) is 19.4 Å². The zero-order valence-electron chi connectivity index (χ0n) is 13.8. The summed E-state index contributed by atoms with van der Waals surface area (Å²) in [6.07, 6.45) is 5.59. The minimum Gasteiger partial charge on any atom is -0.367 e. The molecule has 2 heterocycles. The number of carbonyl (C=O) groups excluding carboxylic acids is 2. The van der Waals surface area contributed by atoms with Gasteiger partial charge >= 0.3 is 0 Å². The first-order valence-electron chi connectivity index (χ1n) is 8.48. The fourth-order valence-electron chi connectivity index (χ4n) is 3.06. The number of aromatic amines is 1. The van der Waals surface area contributed by atoms with E-state index in [0.29, 0.717) is 31.6 Å². The van der Waals surface area contributed by atoms with E-state index in [1.807, 2.05) is 40.1 Å². The summed E-state index contributed by atoms with van der Waals surface area (Å²) in [6.45, 7) is 2.64. The molecule has 1 aliphatic heterocycles. The first-order chi connectivity index (χ1) is 11.7. The Labute approximate surface area is 142 Å². The number of carbonyl (C=O) groups is 2. The van der Waals surface area contributed by atoms with E-state index in [1.165, 1.54) is 5.56 Å². The quantitative estimate of drug-likeness (QED) is 0.938. The van der Waals surface area contributed by atoms with E-state index in [2.05, 4.69) is 4.98 Å². The average Bonchev–Trinajstić information content (AvgIpc) is 3.04. The molecule has 0 radical (unpaired) electrons. The van der Waals surface area contributed by atoms with E-state index in [9.17, 15) is 9.59 Å². The highest BCUT2D eigenvalue weighted by Gasteiger charge is 2.22. The predicted molar refractivity (Wildman–Crippen MR) is 92.7 cm³/mol. The minimum atomic E-state index is 0.0369. The van der Waals surface area contributed by atoms with Gasteiger partial charge in [-0.15, -0.1) is 0 Å². The Bertz CT molecular complexity index is 667. The average molecular weight is 325 g/mol. The van der Waals surface area contributed by atoms with Crippen molar-refractivity contribution in [3.05, 3.63) is 59.9 Å². The van der Waals surface area contributed by atoms with Crippen LogP contribution in [0.5, 0.6) is 0 Å². The maximum atomic E-state index is 12.4. The van der Waals surface area contributed by atoms with Crippen molar-refractivity contribution < 1.29 is 9.59 Å². The molecule has 1 aliphatic rings. The number of nitrogens with one attached hydrogen (secondary N) is 1. The third kappa shape index (κ3) is 4.04. The Morgan fingerprint density at radius 3 is 2.46 bits per heavy atom. The summed E-state index contributed by atoms with van der Waals surface area (Å²) in [7, 11) is 0. The van der Waals surface area contributed by atoms with Gasteiger partial charge in [-0.25, -0.2) is 0 Å². The van der Waals surface area contributed by atoms with Crippen LogP contribution in [0.3, 0.4) is 0 Å². The summed E-state index contributed by atoms with van der Waals surface area (Å²) in [5, 5.41) is 0. The Morgan fingerprint density at radius 1 is 0.958 bits per heavy atom. The summed E-state index contributed by atoms with van der Waals surface area (Å²) < 4.78 is 0. The lowest BCUT2D eigenvalue weighted by Crippen LogP contribution is -2.37. The summed E-state index contributed by atoms with van der Waals surface area (Å²) in [5.74, 6) is 0.213. The molecule has 24 heavy (non-hydrogen) atoms. The highest BCUT2D eigenvalue weighted by Crippen LogP contribution is 2.11. The van der Waals surface area contributed by atoms with Crippen molar-refractivity contribution in [2.45, 2.75) is 19.3 Å². The van der Waals surface area contributed by atoms with Crippen LogP contribution < -0.4 is 0 Å². The topological polar surface area (TPSA) is 56.4 Å². The monoisotopic (exact) mass is 325 g/mol. The van der Waals surface area contributed by atoms with E-state index in [1.54, 1.807) is 18.5 Å². The van der Waals surface area contributed by atoms with Gasteiger partial charge in [0.1, 0.15) is 0 Å². The van der Waals surface area contributed by atoms with Crippen molar-refractivity contribution in [1.82, 2.24) is 14.8 Å². The van der Waals surface area contributed by atoms with Gasteiger partial charge in [0.05, 0.1) is 5.56 Å². The van der Waals surface area contributed by atoms with Gasteiger partial charge in [0, 0.05) is 45.0 Å². The third-order valence-electron chi connectivity index (χ3n) is 4.45. The van der Waals surface area contributed by atoms with Crippen molar-refractivity contribution in [1.29, 1.82) is 0 Å². The number of H-pyrrole nitrogens is 1. The molecular weight excluding hydrogens is 302 g/mol. The molecule has 0 unspecified atom stereocenters. The van der Waals surface area contributed by atoms with Crippen LogP contribution in [0, 0.1) is 0 Å². The SMILES string of the molecule is O=C(CCc1ccccc1)N1CCCN(C(=O)c2cc[nH]c2)CC1. The van der Waals surface area contributed by atoms with Crippen LogP contribution in [-0.4, -0.2) is 52.8 Å². The van der Waals surface area contributed by atoms with Gasteiger partial charge in [-0.1, -0.05) is 30.3 Å². The zero-order valence-corrected chi connectivity index (χ0v) is 13.8. The molecule has 2 aromatic rings. The van der Waals surface area contributed by atoms with Crippen molar-refractivity contribution in [3.8, 4) is 0 Å². The molecule has 1 N–H and O–H groups in total. The van der Waals surface area contributed by atoms with E-state index < -0.39 is 0 Å². The van der Waals surface area contributed by atoms with Crippen LogP contribution in [0.25, 0.3) is 0 Å². The third-order valence-corrected chi connectivity index (χ3v) is 4.45. The Balaban J connectivity index is 1.51. The second-order valence-corrected chi connectivity index (χ2v) is 6.11. The largest absolute Gasteiger partial charge is 0.367 e. The summed E-state index contributed by atoms with van der Waals surface area (Å²) in [6, 6.07) is 11.9. The molecule has 126 valence electrons. The predicted octanol–water partition coefficient (Wildman–Crippen LogP) is 2.32. The van der Waals surface area contributed by atoms with Gasteiger partial charge in [0.2, 0.25) is 5.91 Å². The normalized spacial score (nSPS) is 15.2. The Kier molecular flexibility index (Phi) is 5.31. The van der Waals surface area contributed by atoms with Crippen molar-refractivity contribution >= 4 is 11.8 Å². The van der Waals surface area contributed by atoms with Crippen molar-refractivity contribution in [2.75, 3.05) is 26.2 Å². The standard InChI is InChI=1S/C19H23N3O2/c23-18(8-7-16-5-2-1-3-6-16)21-11-4-12-22(14-13-21)19(24)17-9-10-20-15-17/h1-3,5-6,9-10,15,20H,4,7-8,11-14H2. The van der Waals surface area contributed by atoms with E-state index in [4.69, 9.17) is 0 Å². The number of aromatic nitrogens is 1.